The van der Waals surface area contributed by atoms with Crippen LogP contribution in [0.15, 0.2) is 70.6 Å². The summed E-state index contributed by atoms with van der Waals surface area (Å²) < 4.78 is 8.44. The lowest BCUT2D eigenvalue weighted by Gasteiger charge is -2.17. The zero-order valence-corrected chi connectivity index (χ0v) is 21.0. The number of carbonyl (C=O) groups excluding carboxylic acids is 2. The number of amides is 1. The number of carbonyl (C=O) groups is 2. The molecular weight excluding hydrogens is 456 g/mol. The molecule has 0 aliphatic carbocycles. The minimum atomic E-state index is -0.645. The second kappa shape index (κ2) is 10.7. The summed E-state index contributed by atoms with van der Waals surface area (Å²) in [5.74, 6) is -1.37. The van der Waals surface area contributed by atoms with E-state index in [0.717, 1.165) is 5.56 Å². The average Bonchev–Trinajstić information content (AvgIpc) is 2.86. The van der Waals surface area contributed by atoms with Crippen molar-refractivity contribution in [1.82, 2.24) is 14.0 Å². The van der Waals surface area contributed by atoms with E-state index in [9.17, 15) is 14.4 Å². The van der Waals surface area contributed by atoms with Crippen LogP contribution in [-0.4, -0.2) is 32.4 Å². The predicted octanol–water partition coefficient (Wildman–Crippen LogP) is 4.10. The fourth-order valence-corrected chi connectivity index (χ4v) is 4.32. The third-order valence-corrected chi connectivity index (χ3v) is 5.96. The monoisotopic (exact) mass is 486 g/mol. The SMILES string of the molecule is CCOC(=O)c1cc2c(=O)n3ccccc3nc2n(CC(C)C)c1=NC(=O)C(CC)c1ccccc1. The summed E-state index contributed by atoms with van der Waals surface area (Å²) in [5, 5.41) is 0.254. The van der Waals surface area contributed by atoms with E-state index in [0.29, 0.717) is 24.3 Å². The molecule has 1 atom stereocenters. The topological polar surface area (TPSA) is 95.0 Å². The van der Waals surface area contributed by atoms with Crippen LogP contribution in [0.5, 0.6) is 0 Å². The molecule has 0 aliphatic rings. The fraction of sp³-hybridized carbons (Fsp3) is 0.321. The van der Waals surface area contributed by atoms with Gasteiger partial charge in [0.05, 0.1) is 17.9 Å². The molecule has 4 rings (SSSR count). The Morgan fingerprint density at radius 3 is 2.44 bits per heavy atom. The molecule has 0 radical (unpaired) electrons. The number of rotatable bonds is 7. The van der Waals surface area contributed by atoms with E-state index in [2.05, 4.69) is 4.99 Å². The van der Waals surface area contributed by atoms with Crippen molar-refractivity contribution in [2.45, 2.75) is 46.6 Å². The summed E-state index contributed by atoms with van der Waals surface area (Å²) >= 11 is 0. The standard InChI is InChI=1S/C28H30N4O4/c1-5-20(19-12-8-7-9-13-19)26(33)30-25-22(28(35)36-6-2)16-21-24(32(25)17-18(3)4)29-23-14-10-11-15-31(23)27(21)34/h7-16,18,20H,5-6,17H2,1-4H3. The molecule has 3 aromatic heterocycles. The summed E-state index contributed by atoms with van der Waals surface area (Å²) in [6.07, 6.45) is 2.18. The second-order valence-electron chi connectivity index (χ2n) is 9.01. The summed E-state index contributed by atoms with van der Waals surface area (Å²) in [6, 6.07) is 16.2. The Labute approximate surface area is 208 Å². The number of aromatic nitrogens is 3. The van der Waals surface area contributed by atoms with Crippen molar-refractivity contribution >= 4 is 28.6 Å². The number of fused-ring (bicyclic) bond motifs is 2. The zero-order chi connectivity index (χ0) is 25.8. The molecule has 0 N–H and O–H groups in total. The molecule has 0 bridgehead atoms. The first-order chi connectivity index (χ1) is 17.3. The van der Waals surface area contributed by atoms with Crippen molar-refractivity contribution in [3.05, 3.63) is 87.8 Å². The van der Waals surface area contributed by atoms with Gasteiger partial charge in [0, 0.05) is 12.7 Å². The highest BCUT2D eigenvalue weighted by Crippen LogP contribution is 2.21. The zero-order valence-electron chi connectivity index (χ0n) is 21.0. The maximum atomic E-state index is 13.5. The molecule has 1 aromatic carbocycles. The molecule has 0 fully saturated rings. The minimum absolute atomic E-state index is 0.0658. The smallest absolute Gasteiger partial charge is 0.341 e. The van der Waals surface area contributed by atoms with Gasteiger partial charge in [-0.15, -0.1) is 0 Å². The van der Waals surface area contributed by atoms with Crippen LogP contribution in [0.2, 0.25) is 0 Å². The van der Waals surface area contributed by atoms with E-state index in [-0.39, 0.29) is 40.4 Å². The molecule has 0 spiro atoms. The molecule has 36 heavy (non-hydrogen) atoms. The maximum Gasteiger partial charge on any atom is 0.341 e. The van der Waals surface area contributed by atoms with Gasteiger partial charge in [0.15, 0.2) is 5.49 Å². The summed E-state index contributed by atoms with van der Waals surface area (Å²) in [5.41, 5.74) is 1.59. The number of nitrogens with zero attached hydrogens (tertiary/aromatic N) is 4. The molecule has 3 heterocycles. The van der Waals surface area contributed by atoms with E-state index < -0.39 is 11.9 Å². The quantitative estimate of drug-likeness (QED) is 0.290. The first-order valence-electron chi connectivity index (χ1n) is 12.2. The minimum Gasteiger partial charge on any atom is -0.462 e. The molecule has 1 amide bonds. The third kappa shape index (κ3) is 4.84. The van der Waals surface area contributed by atoms with E-state index in [1.165, 1.54) is 10.5 Å². The molecule has 0 aliphatic heterocycles. The molecule has 1 unspecified atom stereocenters. The van der Waals surface area contributed by atoms with Gasteiger partial charge in [-0.1, -0.05) is 57.2 Å². The van der Waals surface area contributed by atoms with Gasteiger partial charge >= 0.3 is 5.97 Å². The van der Waals surface area contributed by atoms with Crippen LogP contribution in [-0.2, 0) is 16.1 Å². The van der Waals surface area contributed by atoms with E-state index in [1.807, 2.05) is 51.1 Å². The molecule has 0 saturated heterocycles. The predicted molar refractivity (Wildman–Crippen MR) is 138 cm³/mol. The Balaban J connectivity index is 2.09. The van der Waals surface area contributed by atoms with Gasteiger partial charge in [-0.3, -0.25) is 14.0 Å². The molecule has 8 nitrogen and oxygen atoms in total. The molecule has 8 heteroatoms. The van der Waals surface area contributed by atoms with Crippen molar-refractivity contribution in [2.24, 2.45) is 10.9 Å². The van der Waals surface area contributed by atoms with E-state index in [1.54, 1.807) is 35.9 Å². The summed E-state index contributed by atoms with van der Waals surface area (Å²) in [7, 11) is 0. The Morgan fingerprint density at radius 2 is 1.78 bits per heavy atom. The van der Waals surface area contributed by atoms with Crippen LogP contribution in [0, 0.1) is 5.92 Å². The van der Waals surface area contributed by atoms with Crippen molar-refractivity contribution in [3.8, 4) is 0 Å². The lowest BCUT2D eigenvalue weighted by Crippen LogP contribution is -2.34. The van der Waals surface area contributed by atoms with Crippen LogP contribution >= 0.6 is 0 Å². The van der Waals surface area contributed by atoms with Gasteiger partial charge < -0.3 is 9.30 Å². The molecule has 4 aromatic rings. The van der Waals surface area contributed by atoms with Crippen LogP contribution in [0.25, 0.3) is 16.7 Å². The lowest BCUT2D eigenvalue weighted by molar-refractivity contribution is -0.119. The lowest BCUT2D eigenvalue weighted by atomic mass is 9.96. The van der Waals surface area contributed by atoms with Gasteiger partial charge in [0.1, 0.15) is 16.9 Å². The van der Waals surface area contributed by atoms with Gasteiger partial charge in [-0.25, -0.2) is 9.78 Å². The van der Waals surface area contributed by atoms with Gasteiger partial charge in [0.2, 0.25) is 0 Å². The number of pyridine rings is 2. The van der Waals surface area contributed by atoms with E-state index in [4.69, 9.17) is 9.72 Å². The summed E-state index contributed by atoms with van der Waals surface area (Å²) in [4.78, 5) is 49.2. The van der Waals surface area contributed by atoms with Crippen molar-refractivity contribution in [3.63, 3.8) is 0 Å². The Kier molecular flexibility index (Phi) is 7.43. The maximum absolute atomic E-state index is 13.5. The largest absolute Gasteiger partial charge is 0.462 e. The molecular formula is C28H30N4O4. The third-order valence-electron chi connectivity index (χ3n) is 5.96. The number of benzene rings is 1. The van der Waals surface area contributed by atoms with Crippen LogP contribution in [0.3, 0.4) is 0 Å². The Bertz CT molecular complexity index is 1550. The highest BCUT2D eigenvalue weighted by Gasteiger charge is 2.23. The first kappa shape index (κ1) is 25.0. The van der Waals surface area contributed by atoms with Crippen molar-refractivity contribution in [1.29, 1.82) is 0 Å². The first-order valence-corrected chi connectivity index (χ1v) is 12.2. The second-order valence-corrected chi connectivity index (χ2v) is 9.01. The van der Waals surface area contributed by atoms with Gasteiger partial charge in [-0.2, -0.15) is 4.99 Å². The van der Waals surface area contributed by atoms with Crippen LogP contribution in [0.1, 0.15) is 56.0 Å². The fourth-order valence-electron chi connectivity index (χ4n) is 4.32. The highest BCUT2D eigenvalue weighted by atomic mass is 16.5. The van der Waals surface area contributed by atoms with Gasteiger partial charge in [0.25, 0.3) is 11.5 Å². The van der Waals surface area contributed by atoms with Crippen molar-refractivity contribution in [2.75, 3.05) is 6.61 Å². The summed E-state index contributed by atoms with van der Waals surface area (Å²) in [6.45, 7) is 8.19. The number of esters is 1. The van der Waals surface area contributed by atoms with Crippen LogP contribution in [0.4, 0.5) is 0 Å². The van der Waals surface area contributed by atoms with Gasteiger partial charge in [-0.05, 0) is 43.0 Å². The normalized spacial score (nSPS) is 12.9. The number of ether oxygens (including phenoxy) is 1. The number of hydrogen-bond acceptors (Lipinski definition) is 5. The Hall–Kier alpha value is -4.07. The average molecular weight is 487 g/mol. The molecule has 0 saturated carbocycles. The molecule has 186 valence electrons. The van der Waals surface area contributed by atoms with Crippen LogP contribution < -0.4 is 11.0 Å². The van der Waals surface area contributed by atoms with E-state index >= 15 is 0 Å². The van der Waals surface area contributed by atoms with Crippen molar-refractivity contribution < 1.29 is 14.3 Å². The number of hydrogen-bond donors (Lipinski definition) is 0. The Morgan fingerprint density at radius 1 is 1.06 bits per heavy atom. The highest BCUT2D eigenvalue weighted by molar-refractivity contribution is 5.94.